The molecule has 0 saturated heterocycles. The molecule has 4 rings (SSSR count). The Labute approximate surface area is 201 Å². The summed E-state index contributed by atoms with van der Waals surface area (Å²) < 4.78 is 88.5. The van der Waals surface area contributed by atoms with Crippen LogP contribution in [0.25, 0.3) is 0 Å². The molecule has 192 valence electrons. The summed E-state index contributed by atoms with van der Waals surface area (Å²) in [5, 5.41) is 6.92. The highest BCUT2D eigenvalue weighted by Gasteiger charge is 2.47. The van der Waals surface area contributed by atoms with E-state index in [-0.39, 0.29) is 23.6 Å². The lowest BCUT2D eigenvalue weighted by Crippen LogP contribution is -2.35. The van der Waals surface area contributed by atoms with Gasteiger partial charge >= 0.3 is 12.5 Å². The van der Waals surface area contributed by atoms with E-state index in [0.717, 1.165) is 21.7 Å². The average Bonchev–Trinajstić information content (AvgIpc) is 3.25. The molecule has 2 atom stereocenters. The van der Waals surface area contributed by atoms with Gasteiger partial charge in [-0.3, -0.25) is 4.79 Å². The summed E-state index contributed by atoms with van der Waals surface area (Å²) in [4.78, 5) is 14.0. The molecule has 1 aliphatic rings. The fourth-order valence-corrected chi connectivity index (χ4v) is 3.89. The SMILES string of the molecule is COc1ccc(C2CC(C(F)(F)F)n3nc(C(=O)N(C)c4ccc(OC(F)(F)F)cc4)cc3N2)cc1. The molecule has 1 aromatic heterocycles. The van der Waals surface area contributed by atoms with E-state index in [1.54, 1.807) is 24.3 Å². The molecule has 0 radical (unpaired) electrons. The second-order valence-corrected chi connectivity index (χ2v) is 8.03. The summed E-state index contributed by atoms with van der Waals surface area (Å²) in [6, 6.07) is 9.59. The van der Waals surface area contributed by atoms with Crippen LogP contribution in [0.1, 0.15) is 34.6 Å². The van der Waals surface area contributed by atoms with Gasteiger partial charge in [0.15, 0.2) is 11.7 Å². The number of hydrogen-bond donors (Lipinski definition) is 1. The molecule has 2 unspecified atom stereocenters. The number of methoxy groups -OCH3 is 1. The fraction of sp³-hybridized carbons (Fsp3) is 0.304. The molecule has 7 nitrogen and oxygen atoms in total. The van der Waals surface area contributed by atoms with Crippen molar-refractivity contribution in [2.75, 3.05) is 24.4 Å². The standard InChI is InChI=1S/C23H20F6N4O3/c1-32(14-5-9-16(10-6-14)36-23(27,28)29)21(34)18-12-20-30-17(13-3-7-15(35-2)8-4-13)11-19(22(24,25)26)33(20)31-18/h3-10,12,17,19,30H,11H2,1-2H3. The molecule has 1 aliphatic heterocycles. The zero-order valence-corrected chi connectivity index (χ0v) is 18.9. The Kier molecular flexibility index (Phi) is 6.50. The van der Waals surface area contributed by atoms with Crippen LogP contribution in [-0.4, -0.2) is 42.4 Å². The summed E-state index contributed by atoms with van der Waals surface area (Å²) in [5.41, 5.74) is 0.529. The van der Waals surface area contributed by atoms with Gasteiger partial charge in [-0.25, -0.2) is 4.68 Å². The molecule has 1 amide bonds. The second kappa shape index (κ2) is 9.28. The lowest BCUT2D eigenvalue weighted by Gasteiger charge is -2.33. The van der Waals surface area contributed by atoms with Crippen LogP contribution in [0.4, 0.5) is 37.8 Å². The monoisotopic (exact) mass is 514 g/mol. The predicted octanol–water partition coefficient (Wildman–Crippen LogP) is 5.73. The molecule has 0 fully saturated rings. The Bertz CT molecular complexity index is 1220. The molecule has 3 aromatic rings. The number of carbonyl (C=O) groups is 1. The normalized spacial score (nSPS) is 17.7. The first kappa shape index (κ1) is 25.2. The van der Waals surface area contributed by atoms with Crippen molar-refractivity contribution in [1.29, 1.82) is 0 Å². The number of carbonyl (C=O) groups excluding carboxylic acids is 1. The van der Waals surface area contributed by atoms with Gasteiger partial charge in [0.25, 0.3) is 5.91 Å². The average molecular weight is 514 g/mol. The molecule has 2 heterocycles. The summed E-state index contributed by atoms with van der Waals surface area (Å²) in [5.74, 6) is -0.660. The van der Waals surface area contributed by atoms with Gasteiger partial charge in [-0.05, 0) is 42.0 Å². The van der Waals surface area contributed by atoms with E-state index in [9.17, 15) is 31.1 Å². The highest BCUT2D eigenvalue weighted by Crippen LogP contribution is 2.44. The zero-order valence-electron chi connectivity index (χ0n) is 18.9. The number of fused-ring (bicyclic) bond motifs is 1. The molecule has 0 bridgehead atoms. The smallest absolute Gasteiger partial charge is 0.497 e. The molecule has 0 saturated carbocycles. The lowest BCUT2D eigenvalue weighted by atomic mass is 9.97. The van der Waals surface area contributed by atoms with Gasteiger partial charge in [0.05, 0.1) is 13.2 Å². The Hall–Kier alpha value is -3.90. The van der Waals surface area contributed by atoms with Crippen LogP contribution < -0.4 is 19.7 Å². The van der Waals surface area contributed by atoms with Crippen molar-refractivity contribution in [2.45, 2.75) is 31.0 Å². The summed E-state index contributed by atoms with van der Waals surface area (Å²) in [6.07, 6.45) is -9.85. The summed E-state index contributed by atoms with van der Waals surface area (Å²) in [6.45, 7) is 0. The Balaban J connectivity index is 1.59. The zero-order chi connectivity index (χ0) is 26.3. The van der Waals surface area contributed by atoms with Crippen molar-refractivity contribution in [2.24, 2.45) is 0 Å². The number of anilines is 2. The third kappa shape index (κ3) is 5.34. The van der Waals surface area contributed by atoms with Crippen LogP contribution in [0.2, 0.25) is 0 Å². The van der Waals surface area contributed by atoms with Crippen LogP contribution in [0.5, 0.6) is 11.5 Å². The van der Waals surface area contributed by atoms with Gasteiger partial charge in [-0.2, -0.15) is 18.3 Å². The number of nitrogens with zero attached hydrogens (tertiary/aromatic N) is 3. The molecule has 2 aromatic carbocycles. The predicted molar refractivity (Wildman–Crippen MR) is 117 cm³/mol. The first-order chi connectivity index (χ1) is 16.9. The molecule has 1 N–H and O–H groups in total. The highest BCUT2D eigenvalue weighted by atomic mass is 19.4. The van der Waals surface area contributed by atoms with E-state index in [1.807, 2.05) is 0 Å². The van der Waals surface area contributed by atoms with Crippen LogP contribution >= 0.6 is 0 Å². The Morgan fingerprint density at radius 2 is 1.64 bits per heavy atom. The van der Waals surface area contributed by atoms with Crippen molar-refractivity contribution in [1.82, 2.24) is 9.78 Å². The number of nitrogens with one attached hydrogen (secondary N) is 1. The van der Waals surface area contributed by atoms with Gasteiger partial charge in [0.1, 0.15) is 17.3 Å². The van der Waals surface area contributed by atoms with Crippen LogP contribution in [0.3, 0.4) is 0 Å². The lowest BCUT2D eigenvalue weighted by molar-refractivity contribution is -0.274. The minimum Gasteiger partial charge on any atom is -0.497 e. The van der Waals surface area contributed by atoms with E-state index in [4.69, 9.17) is 4.74 Å². The number of amides is 1. The molecule has 13 heteroatoms. The van der Waals surface area contributed by atoms with Gasteiger partial charge in [-0.15, -0.1) is 13.2 Å². The quantitative estimate of drug-likeness (QED) is 0.441. The van der Waals surface area contributed by atoms with Crippen molar-refractivity contribution < 1.29 is 40.6 Å². The van der Waals surface area contributed by atoms with E-state index in [2.05, 4.69) is 15.2 Å². The van der Waals surface area contributed by atoms with E-state index in [0.29, 0.717) is 11.3 Å². The van der Waals surface area contributed by atoms with Crippen LogP contribution in [-0.2, 0) is 0 Å². The maximum absolute atomic E-state index is 13.9. The number of hydrogen-bond acceptors (Lipinski definition) is 5. The molecule has 0 spiro atoms. The maximum Gasteiger partial charge on any atom is 0.573 e. The van der Waals surface area contributed by atoms with Crippen molar-refractivity contribution in [3.8, 4) is 11.5 Å². The number of benzene rings is 2. The number of aromatic nitrogens is 2. The Morgan fingerprint density at radius 1 is 1.03 bits per heavy atom. The van der Waals surface area contributed by atoms with Gasteiger partial charge < -0.3 is 19.7 Å². The van der Waals surface area contributed by atoms with Gasteiger partial charge in [0, 0.05) is 25.2 Å². The first-order valence-electron chi connectivity index (χ1n) is 10.6. The first-order valence-corrected chi connectivity index (χ1v) is 10.6. The summed E-state index contributed by atoms with van der Waals surface area (Å²) >= 11 is 0. The second-order valence-electron chi connectivity index (χ2n) is 8.03. The number of alkyl halides is 6. The minimum atomic E-state index is -4.87. The van der Waals surface area contributed by atoms with E-state index in [1.165, 1.54) is 32.4 Å². The molecular weight excluding hydrogens is 494 g/mol. The van der Waals surface area contributed by atoms with Gasteiger partial charge in [0.2, 0.25) is 0 Å². The summed E-state index contributed by atoms with van der Waals surface area (Å²) in [7, 11) is 2.81. The highest BCUT2D eigenvalue weighted by molar-refractivity contribution is 6.04. The fourth-order valence-electron chi connectivity index (χ4n) is 3.89. The topological polar surface area (TPSA) is 68.6 Å². The largest absolute Gasteiger partial charge is 0.573 e. The Morgan fingerprint density at radius 3 is 2.19 bits per heavy atom. The molecule has 36 heavy (non-hydrogen) atoms. The van der Waals surface area contributed by atoms with E-state index < -0.39 is 36.3 Å². The third-order valence-electron chi connectivity index (χ3n) is 5.69. The van der Waals surface area contributed by atoms with Crippen LogP contribution in [0, 0.1) is 0 Å². The van der Waals surface area contributed by atoms with Crippen molar-refractivity contribution in [3.05, 3.63) is 65.9 Å². The number of rotatable bonds is 5. The maximum atomic E-state index is 13.9. The molecule has 0 aliphatic carbocycles. The van der Waals surface area contributed by atoms with Crippen molar-refractivity contribution in [3.63, 3.8) is 0 Å². The van der Waals surface area contributed by atoms with E-state index >= 15 is 0 Å². The van der Waals surface area contributed by atoms with Crippen LogP contribution in [0.15, 0.2) is 54.6 Å². The van der Waals surface area contributed by atoms with Crippen molar-refractivity contribution >= 4 is 17.4 Å². The third-order valence-corrected chi connectivity index (χ3v) is 5.69. The minimum absolute atomic E-state index is 0.00932. The number of halogens is 6. The number of ether oxygens (including phenoxy) is 2. The molecular formula is C23H20F6N4O3. The van der Waals surface area contributed by atoms with Gasteiger partial charge in [-0.1, -0.05) is 12.1 Å².